The lowest BCUT2D eigenvalue weighted by molar-refractivity contribution is 0.103. The lowest BCUT2D eigenvalue weighted by Gasteiger charge is -2.06. The van der Waals surface area contributed by atoms with Crippen LogP contribution in [0.3, 0.4) is 0 Å². The van der Waals surface area contributed by atoms with Crippen LogP contribution in [-0.4, -0.2) is 5.78 Å². The first-order chi connectivity index (χ1) is 8.45. The minimum atomic E-state index is 0.105. The normalized spacial score (nSPS) is 10.4. The van der Waals surface area contributed by atoms with Crippen molar-refractivity contribution in [1.29, 1.82) is 0 Å². The Bertz CT molecular complexity index is 515. The zero-order valence-electron chi connectivity index (χ0n) is 11.4. The zero-order chi connectivity index (χ0) is 13.3. The second-order valence-electron chi connectivity index (χ2n) is 5.08. The van der Waals surface area contributed by atoms with Crippen LogP contribution >= 0.6 is 0 Å². The van der Waals surface area contributed by atoms with E-state index in [1.807, 2.05) is 52.0 Å². The molecule has 2 aromatic carbocycles. The van der Waals surface area contributed by atoms with E-state index >= 15 is 0 Å². The van der Waals surface area contributed by atoms with E-state index in [1.165, 1.54) is 0 Å². The van der Waals surface area contributed by atoms with E-state index in [9.17, 15) is 4.79 Å². The van der Waals surface area contributed by atoms with Gasteiger partial charge >= 0.3 is 0 Å². The lowest BCUT2D eigenvalue weighted by atomic mass is 9.97. The van der Waals surface area contributed by atoms with E-state index in [0.717, 1.165) is 33.4 Å². The van der Waals surface area contributed by atoms with Crippen LogP contribution in [0.4, 0.5) is 0 Å². The Balaban J connectivity index is 2.47. The highest BCUT2D eigenvalue weighted by molar-refractivity contribution is 6.09. The first-order valence-electron chi connectivity index (χ1n) is 6.17. The van der Waals surface area contributed by atoms with Crippen LogP contribution in [0.15, 0.2) is 36.4 Å². The molecule has 0 fully saturated rings. The maximum Gasteiger partial charge on any atom is 0.193 e. The molecule has 0 amide bonds. The fourth-order valence-electron chi connectivity index (χ4n) is 2.38. The van der Waals surface area contributed by atoms with Crippen molar-refractivity contribution in [3.8, 4) is 0 Å². The zero-order valence-corrected chi connectivity index (χ0v) is 11.4. The van der Waals surface area contributed by atoms with Gasteiger partial charge in [0.15, 0.2) is 5.78 Å². The molecule has 0 spiro atoms. The molecule has 0 saturated carbocycles. The van der Waals surface area contributed by atoms with E-state index in [2.05, 4.69) is 12.1 Å². The summed E-state index contributed by atoms with van der Waals surface area (Å²) in [5, 5.41) is 0. The molecular formula is C17H18O. The van der Waals surface area contributed by atoms with E-state index in [0.29, 0.717) is 0 Å². The first-order valence-corrected chi connectivity index (χ1v) is 6.17. The fraction of sp³-hybridized carbons (Fsp3) is 0.235. The van der Waals surface area contributed by atoms with Crippen LogP contribution in [-0.2, 0) is 0 Å². The van der Waals surface area contributed by atoms with Gasteiger partial charge in [-0.2, -0.15) is 0 Å². The van der Waals surface area contributed by atoms with E-state index < -0.39 is 0 Å². The van der Waals surface area contributed by atoms with Crippen LogP contribution < -0.4 is 0 Å². The van der Waals surface area contributed by atoms with E-state index in [4.69, 9.17) is 0 Å². The van der Waals surface area contributed by atoms with Gasteiger partial charge in [-0.1, -0.05) is 34.4 Å². The monoisotopic (exact) mass is 238 g/mol. The second-order valence-corrected chi connectivity index (χ2v) is 5.08. The summed E-state index contributed by atoms with van der Waals surface area (Å²) in [6.07, 6.45) is 0. The molecule has 0 saturated heterocycles. The van der Waals surface area contributed by atoms with Gasteiger partial charge in [-0.05, 0) is 52.0 Å². The maximum absolute atomic E-state index is 12.5. The summed E-state index contributed by atoms with van der Waals surface area (Å²) in [5.41, 5.74) is 6.06. The summed E-state index contributed by atoms with van der Waals surface area (Å²) < 4.78 is 0. The van der Waals surface area contributed by atoms with Crippen molar-refractivity contribution in [3.63, 3.8) is 0 Å². The smallest absolute Gasteiger partial charge is 0.193 e. The number of carbonyl (C=O) groups is 1. The molecule has 0 N–H and O–H groups in total. The highest BCUT2D eigenvalue weighted by Gasteiger charge is 2.10. The average Bonchev–Trinajstić information content (AvgIpc) is 2.25. The average molecular weight is 238 g/mol. The number of benzene rings is 2. The molecule has 0 aromatic heterocycles. The Hall–Kier alpha value is -1.89. The van der Waals surface area contributed by atoms with Gasteiger partial charge in [0, 0.05) is 11.1 Å². The molecule has 18 heavy (non-hydrogen) atoms. The highest BCUT2D eigenvalue weighted by Crippen LogP contribution is 2.16. The molecule has 0 aliphatic heterocycles. The number of hydrogen-bond acceptors (Lipinski definition) is 1. The molecular weight excluding hydrogens is 220 g/mol. The van der Waals surface area contributed by atoms with Gasteiger partial charge in [0.2, 0.25) is 0 Å². The van der Waals surface area contributed by atoms with Crippen LogP contribution in [0.25, 0.3) is 0 Å². The van der Waals surface area contributed by atoms with Gasteiger partial charge in [0.05, 0.1) is 0 Å². The minimum absolute atomic E-state index is 0.105. The molecule has 0 bridgehead atoms. The third-order valence-electron chi connectivity index (χ3n) is 2.97. The number of hydrogen-bond donors (Lipinski definition) is 0. The number of carbonyl (C=O) groups excluding carboxylic acids is 1. The van der Waals surface area contributed by atoms with Crippen molar-refractivity contribution < 1.29 is 4.79 Å². The molecule has 2 aromatic rings. The summed E-state index contributed by atoms with van der Waals surface area (Å²) in [5.74, 6) is 0.105. The van der Waals surface area contributed by atoms with Gasteiger partial charge in [0.1, 0.15) is 0 Å². The van der Waals surface area contributed by atoms with Crippen molar-refractivity contribution in [1.82, 2.24) is 0 Å². The first kappa shape index (κ1) is 12.6. The number of ketones is 1. The largest absolute Gasteiger partial charge is 0.289 e. The van der Waals surface area contributed by atoms with E-state index in [1.54, 1.807) is 0 Å². The summed E-state index contributed by atoms with van der Waals surface area (Å²) >= 11 is 0. The van der Waals surface area contributed by atoms with Gasteiger partial charge < -0.3 is 0 Å². The Labute approximate surface area is 108 Å². The molecule has 0 aliphatic carbocycles. The topological polar surface area (TPSA) is 17.1 Å². The molecule has 0 aliphatic rings. The summed E-state index contributed by atoms with van der Waals surface area (Å²) in [4.78, 5) is 12.5. The molecule has 0 heterocycles. The third-order valence-corrected chi connectivity index (χ3v) is 2.97. The number of aryl methyl sites for hydroxylation is 4. The van der Waals surface area contributed by atoms with Crippen LogP contribution in [0, 0.1) is 27.7 Å². The van der Waals surface area contributed by atoms with Crippen molar-refractivity contribution in [2.45, 2.75) is 27.7 Å². The van der Waals surface area contributed by atoms with Gasteiger partial charge in [-0.3, -0.25) is 4.79 Å². The quantitative estimate of drug-likeness (QED) is 0.718. The van der Waals surface area contributed by atoms with Gasteiger partial charge in [-0.15, -0.1) is 0 Å². The maximum atomic E-state index is 12.5. The summed E-state index contributed by atoms with van der Waals surface area (Å²) in [7, 11) is 0. The van der Waals surface area contributed by atoms with Crippen molar-refractivity contribution in [2.75, 3.05) is 0 Å². The molecule has 0 atom stereocenters. The molecule has 92 valence electrons. The van der Waals surface area contributed by atoms with E-state index in [-0.39, 0.29) is 5.78 Å². The third kappa shape index (κ3) is 2.67. The summed E-state index contributed by atoms with van der Waals surface area (Å²) in [6.45, 7) is 8.08. The Kier molecular flexibility index (Phi) is 3.33. The van der Waals surface area contributed by atoms with Crippen LogP contribution in [0.5, 0.6) is 0 Å². The fourth-order valence-corrected chi connectivity index (χ4v) is 2.38. The van der Waals surface area contributed by atoms with Crippen molar-refractivity contribution in [3.05, 3.63) is 69.8 Å². The minimum Gasteiger partial charge on any atom is -0.289 e. The van der Waals surface area contributed by atoms with Crippen molar-refractivity contribution in [2.24, 2.45) is 0 Å². The molecule has 0 unspecified atom stereocenters. The van der Waals surface area contributed by atoms with Crippen molar-refractivity contribution >= 4 is 5.78 Å². The Morgan fingerprint density at radius 2 is 0.889 bits per heavy atom. The molecule has 0 radical (unpaired) electrons. The molecule has 1 nitrogen and oxygen atoms in total. The van der Waals surface area contributed by atoms with Crippen LogP contribution in [0.2, 0.25) is 0 Å². The second kappa shape index (κ2) is 4.77. The number of rotatable bonds is 2. The highest BCUT2D eigenvalue weighted by atomic mass is 16.1. The Morgan fingerprint density at radius 3 is 1.17 bits per heavy atom. The van der Waals surface area contributed by atoms with Gasteiger partial charge in [0.25, 0.3) is 0 Å². The predicted octanol–water partition coefficient (Wildman–Crippen LogP) is 4.15. The van der Waals surface area contributed by atoms with Gasteiger partial charge in [-0.25, -0.2) is 0 Å². The Morgan fingerprint density at radius 1 is 0.611 bits per heavy atom. The predicted molar refractivity (Wildman–Crippen MR) is 75.3 cm³/mol. The SMILES string of the molecule is Cc1cc(C)cc(C(=O)c2cc(C)cc(C)c2)c1. The van der Waals surface area contributed by atoms with Crippen LogP contribution in [0.1, 0.15) is 38.2 Å². The lowest BCUT2D eigenvalue weighted by Crippen LogP contribution is -2.03. The molecule has 2 rings (SSSR count). The molecule has 1 heteroatoms. The summed E-state index contributed by atoms with van der Waals surface area (Å²) in [6, 6.07) is 12.0. The standard InChI is InChI=1S/C17H18O/c1-11-5-12(2)8-15(7-11)17(18)16-9-13(3)6-14(4)10-16/h5-10H,1-4H3.